The van der Waals surface area contributed by atoms with Crippen molar-refractivity contribution in [1.29, 1.82) is 0 Å². The van der Waals surface area contributed by atoms with Crippen molar-refractivity contribution >= 4 is 40.9 Å². The molecule has 1 atom stereocenters. The third kappa shape index (κ3) is 2.83. The first kappa shape index (κ1) is 17.9. The van der Waals surface area contributed by atoms with Crippen LogP contribution in [0.5, 0.6) is 5.75 Å². The minimum absolute atomic E-state index is 0. The first-order valence-corrected chi connectivity index (χ1v) is 8.90. The minimum Gasteiger partial charge on any atom is -0.497 e. The maximum Gasteiger partial charge on any atom is 0.171 e. The molecule has 0 bridgehead atoms. The van der Waals surface area contributed by atoms with Crippen LogP contribution in [0.25, 0.3) is 10.9 Å². The van der Waals surface area contributed by atoms with Crippen molar-refractivity contribution in [1.82, 2.24) is 14.1 Å². The van der Waals surface area contributed by atoms with Gasteiger partial charge in [0.15, 0.2) is 5.78 Å². The third-order valence-electron chi connectivity index (χ3n) is 4.73. The lowest BCUT2D eigenvalue weighted by Gasteiger charge is -2.22. The number of methoxy groups -OCH3 is 1. The maximum absolute atomic E-state index is 13.1. The van der Waals surface area contributed by atoms with Crippen LogP contribution in [0.3, 0.4) is 0 Å². The number of carbonyl (C=O) groups is 1. The first-order chi connectivity index (χ1) is 11.6. The van der Waals surface area contributed by atoms with E-state index in [1.54, 1.807) is 25.1 Å². The van der Waals surface area contributed by atoms with Gasteiger partial charge in [0.1, 0.15) is 11.6 Å². The fourth-order valence-electron chi connectivity index (χ4n) is 3.36. The fourth-order valence-corrected chi connectivity index (χ4v) is 4.62. The van der Waals surface area contributed by atoms with Gasteiger partial charge >= 0.3 is 0 Å². The van der Waals surface area contributed by atoms with Crippen LogP contribution >= 0.6 is 24.2 Å². The number of aromatic nitrogens is 3. The van der Waals surface area contributed by atoms with Gasteiger partial charge in [-0.1, -0.05) is 0 Å². The number of imidazole rings is 1. The zero-order valence-electron chi connectivity index (χ0n) is 14.4. The summed E-state index contributed by atoms with van der Waals surface area (Å²) in [5.74, 6) is 2.76. The van der Waals surface area contributed by atoms with E-state index < -0.39 is 0 Å². The molecule has 0 saturated heterocycles. The number of nitrogens with zero attached hydrogens (tertiary/aromatic N) is 3. The van der Waals surface area contributed by atoms with Gasteiger partial charge < -0.3 is 13.9 Å². The van der Waals surface area contributed by atoms with E-state index in [9.17, 15) is 4.79 Å². The largest absolute Gasteiger partial charge is 0.497 e. The summed E-state index contributed by atoms with van der Waals surface area (Å²) >= 11 is 1.76. The number of ketones is 1. The number of carbonyl (C=O) groups excluding carboxylic acids is 1. The summed E-state index contributed by atoms with van der Waals surface area (Å²) in [4.78, 5) is 17.4. The number of hydrogen-bond acceptors (Lipinski definition) is 4. The Labute approximate surface area is 156 Å². The van der Waals surface area contributed by atoms with Gasteiger partial charge in [0.2, 0.25) is 0 Å². The highest BCUT2D eigenvalue weighted by atomic mass is 35.5. The summed E-state index contributed by atoms with van der Waals surface area (Å²) in [6.07, 6.45) is 3.72. The van der Waals surface area contributed by atoms with Crippen LogP contribution < -0.4 is 4.74 Å². The van der Waals surface area contributed by atoms with Gasteiger partial charge in [0.05, 0.1) is 23.2 Å². The van der Waals surface area contributed by atoms with E-state index in [2.05, 4.69) is 14.1 Å². The molecule has 1 unspecified atom stereocenters. The zero-order chi connectivity index (χ0) is 16.8. The topological polar surface area (TPSA) is 49.0 Å². The minimum atomic E-state index is -0.0249. The number of thioether (sulfide) groups is 1. The van der Waals surface area contributed by atoms with E-state index in [0.717, 1.165) is 38.8 Å². The van der Waals surface area contributed by atoms with Crippen LogP contribution in [0.4, 0.5) is 0 Å². The van der Waals surface area contributed by atoms with Crippen molar-refractivity contribution < 1.29 is 9.53 Å². The lowest BCUT2D eigenvalue weighted by atomic mass is 9.98. The average molecular weight is 378 g/mol. The van der Waals surface area contributed by atoms with E-state index >= 15 is 0 Å². The van der Waals surface area contributed by atoms with E-state index in [1.807, 2.05) is 38.4 Å². The van der Waals surface area contributed by atoms with Crippen LogP contribution in [0.15, 0.2) is 35.6 Å². The molecule has 0 radical (unpaired) electrons. The molecule has 1 aliphatic rings. The first-order valence-electron chi connectivity index (χ1n) is 7.91. The van der Waals surface area contributed by atoms with Gasteiger partial charge in [-0.15, -0.1) is 24.2 Å². The molecule has 0 spiro atoms. The predicted molar refractivity (Wildman–Crippen MR) is 102 cm³/mol. The van der Waals surface area contributed by atoms with Crippen molar-refractivity contribution in [2.24, 2.45) is 13.0 Å². The van der Waals surface area contributed by atoms with Crippen molar-refractivity contribution in [3.8, 4) is 5.75 Å². The number of aryl methyl sites for hydroxylation is 2. The van der Waals surface area contributed by atoms with Gasteiger partial charge in [-0.05, 0) is 19.1 Å². The molecule has 2 aromatic heterocycles. The van der Waals surface area contributed by atoms with Gasteiger partial charge in [-0.3, -0.25) is 4.79 Å². The Morgan fingerprint density at radius 3 is 2.88 bits per heavy atom. The summed E-state index contributed by atoms with van der Waals surface area (Å²) < 4.78 is 9.49. The Balaban J connectivity index is 0.00000182. The molecule has 1 aliphatic heterocycles. The van der Waals surface area contributed by atoms with E-state index in [-0.39, 0.29) is 24.1 Å². The normalized spacial score (nSPS) is 16.6. The number of hydrogen-bond donors (Lipinski definition) is 0. The third-order valence-corrected chi connectivity index (χ3v) is 6.05. The second-order valence-corrected chi connectivity index (χ2v) is 7.13. The fraction of sp³-hybridized carbons (Fsp3) is 0.333. The summed E-state index contributed by atoms with van der Waals surface area (Å²) in [5, 5.41) is 2.07. The molecular formula is C18H20ClN3O2S. The predicted octanol–water partition coefficient (Wildman–Crippen LogP) is 3.72. The number of benzene rings is 1. The molecule has 4 rings (SSSR count). The van der Waals surface area contributed by atoms with Crippen molar-refractivity contribution in [3.63, 3.8) is 0 Å². The highest BCUT2D eigenvalue weighted by molar-refractivity contribution is 7.99. The van der Waals surface area contributed by atoms with Gasteiger partial charge in [0, 0.05) is 49.1 Å². The Bertz CT molecular complexity index is 947. The molecule has 3 aromatic rings. The van der Waals surface area contributed by atoms with Gasteiger partial charge in [-0.2, -0.15) is 0 Å². The maximum atomic E-state index is 13.1. The lowest BCUT2D eigenvalue weighted by Crippen LogP contribution is -2.27. The van der Waals surface area contributed by atoms with Crippen molar-refractivity contribution in [3.05, 3.63) is 42.0 Å². The number of fused-ring (bicyclic) bond motifs is 3. The molecule has 7 heteroatoms. The summed E-state index contributed by atoms with van der Waals surface area (Å²) in [6, 6.07) is 5.91. The molecule has 0 aliphatic carbocycles. The number of halogens is 1. The van der Waals surface area contributed by atoms with E-state index in [1.165, 1.54) is 0 Å². The standard InChI is InChI=1S/C18H19N3O2S.ClH/c1-11-19-6-7-21(11)9-12-10-24-18-16(17(12)22)14-5-4-13(23-3)8-15(14)20(18)2;/h4-8,12H,9-10H2,1-3H3;1H. The second-order valence-electron chi connectivity index (χ2n) is 6.12. The molecule has 3 heterocycles. The number of ether oxygens (including phenoxy) is 1. The molecule has 0 saturated carbocycles. The molecular weight excluding hydrogens is 358 g/mol. The SMILES string of the molecule is COc1ccc2c3c(n(C)c2c1)SCC(Cn1ccnc1C)C3=O.Cl. The smallest absolute Gasteiger partial charge is 0.171 e. The van der Waals surface area contributed by atoms with Crippen LogP contribution in [0.2, 0.25) is 0 Å². The highest BCUT2D eigenvalue weighted by Crippen LogP contribution is 2.40. The monoisotopic (exact) mass is 377 g/mol. The van der Waals surface area contributed by atoms with E-state index in [0.29, 0.717) is 6.54 Å². The molecule has 1 aromatic carbocycles. The molecule has 0 fully saturated rings. The molecule has 25 heavy (non-hydrogen) atoms. The quantitative estimate of drug-likeness (QED) is 0.698. The summed E-state index contributed by atoms with van der Waals surface area (Å²) in [5.41, 5.74) is 1.90. The summed E-state index contributed by atoms with van der Waals surface area (Å²) in [6.45, 7) is 2.65. The Morgan fingerprint density at radius 2 is 2.20 bits per heavy atom. The Hall–Kier alpha value is -1.92. The Kier molecular flexibility index (Phi) is 4.84. The van der Waals surface area contributed by atoms with Crippen LogP contribution in [0, 0.1) is 12.8 Å². The molecule has 132 valence electrons. The van der Waals surface area contributed by atoms with Crippen molar-refractivity contribution in [2.75, 3.05) is 12.9 Å². The Morgan fingerprint density at radius 1 is 1.40 bits per heavy atom. The second kappa shape index (κ2) is 6.77. The molecule has 5 nitrogen and oxygen atoms in total. The highest BCUT2D eigenvalue weighted by Gasteiger charge is 2.33. The number of rotatable bonds is 3. The van der Waals surface area contributed by atoms with Crippen LogP contribution in [-0.2, 0) is 13.6 Å². The zero-order valence-corrected chi connectivity index (χ0v) is 16.0. The molecule has 0 amide bonds. The lowest BCUT2D eigenvalue weighted by molar-refractivity contribution is 0.0916. The number of Topliss-reactive ketones (excluding diaryl/α,β-unsaturated/α-hetero) is 1. The van der Waals surface area contributed by atoms with Crippen LogP contribution in [-0.4, -0.2) is 32.8 Å². The van der Waals surface area contributed by atoms with E-state index in [4.69, 9.17) is 4.74 Å². The van der Waals surface area contributed by atoms with Gasteiger partial charge in [-0.25, -0.2) is 4.98 Å². The van der Waals surface area contributed by atoms with Gasteiger partial charge in [0.25, 0.3) is 0 Å². The average Bonchev–Trinajstić information content (AvgIpc) is 3.12. The summed E-state index contributed by atoms with van der Waals surface area (Å²) in [7, 11) is 3.68. The van der Waals surface area contributed by atoms with Crippen LogP contribution in [0.1, 0.15) is 16.2 Å². The molecule has 0 N–H and O–H groups in total. The van der Waals surface area contributed by atoms with Crippen molar-refractivity contribution in [2.45, 2.75) is 18.5 Å².